The van der Waals surface area contributed by atoms with Crippen LogP contribution < -0.4 is 0 Å². The molecule has 0 fully saturated rings. The monoisotopic (exact) mass is 370 g/mol. The molecule has 6 heteroatoms. The van der Waals surface area contributed by atoms with E-state index in [0.29, 0.717) is 22.3 Å². The Balaban J connectivity index is 2.40. The lowest BCUT2D eigenvalue weighted by molar-refractivity contribution is -0.137. The first-order valence-corrected chi connectivity index (χ1v) is 7.93. The normalized spacial score (nSPS) is 12.5. The molecule has 2 rings (SSSR count). The molecule has 2 aromatic carbocycles. The fourth-order valence-electron chi connectivity index (χ4n) is 2.71. The van der Waals surface area contributed by atoms with Crippen LogP contribution in [0.4, 0.5) is 13.2 Å². The highest BCUT2D eigenvalue weighted by atomic mass is 35.5. The van der Waals surface area contributed by atoms with E-state index in [9.17, 15) is 23.4 Å². The third kappa shape index (κ3) is 4.28. The lowest BCUT2D eigenvalue weighted by Gasteiger charge is -2.14. The molecule has 0 saturated carbocycles. The van der Waals surface area contributed by atoms with Gasteiger partial charge in [-0.15, -0.1) is 0 Å². The van der Waals surface area contributed by atoms with Crippen molar-refractivity contribution in [2.45, 2.75) is 33.4 Å². The van der Waals surface area contributed by atoms with Crippen LogP contribution in [-0.4, -0.2) is 10.2 Å². The van der Waals surface area contributed by atoms with Crippen molar-refractivity contribution in [2.24, 2.45) is 0 Å². The first kappa shape index (κ1) is 19.2. The zero-order chi connectivity index (χ0) is 18.9. The summed E-state index contributed by atoms with van der Waals surface area (Å²) >= 11 is 6.02. The van der Waals surface area contributed by atoms with Gasteiger partial charge in [0.15, 0.2) is 0 Å². The molecule has 0 aliphatic carbocycles. The van der Waals surface area contributed by atoms with E-state index < -0.39 is 11.7 Å². The number of hydrogen-bond acceptors (Lipinski definition) is 2. The minimum absolute atomic E-state index is 0.0450. The number of alkyl halides is 3. The second kappa shape index (κ2) is 7.00. The van der Waals surface area contributed by atoms with Gasteiger partial charge in [-0.25, -0.2) is 0 Å². The van der Waals surface area contributed by atoms with E-state index in [1.54, 1.807) is 26.8 Å². The van der Waals surface area contributed by atoms with Gasteiger partial charge in [0.1, 0.15) is 11.5 Å². The highest BCUT2D eigenvalue weighted by Gasteiger charge is 2.31. The van der Waals surface area contributed by atoms with E-state index in [0.717, 1.165) is 17.7 Å². The van der Waals surface area contributed by atoms with Crippen molar-refractivity contribution in [3.63, 3.8) is 0 Å². The summed E-state index contributed by atoms with van der Waals surface area (Å²) in [6, 6.07) is 4.87. The predicted molar refractivity (Wildman–Crippen MR) is 93.1 cm³/mol. The highest BCUT2D eigenvalue weighted by Crippen LogP contribution is 2.36. The lowest BCUT2D eigenvalue weighted by atomic mass is 9.95. The minimum Gasteiger partial charge on any atom is -0.508 e. The molecule has 0 unspecified atom stereocenters. The summed E-state index contributed by atoms with van der Waals surface area (Å²) in [6.45, 7) is 5.04. The van der Waals surface area contributed by atoms with Gasteiger partial charge in [0.05, 0.1) is 10.6 Å². The van der Waals surface area contributed by atoms with Crippen LogP contribution in [0.2, 0.25) is 5.02 Å². The van der Waals surface area contributed by atoms with E-state index in [-0.39, 0.29) is 22.9 Å². The molecule has 25 heavy (non-hydrogen) atoms. The van der Waals surface area contributed by atoms with Gasteiger partial charge >= 0.3 is 6.18 Å². The molecule has 0 bridgehead atoms. The van der Waals surface area contributed by atoms with Gasteiger partial charge < -0.3 is 10.2 Å². The number of phenolic OH excluding ortho intramolecular Hbond substituents is 2. The molecule has 0 saturated heterocycles. The minimum atomic E-state index is -4.38. The highest BCUT2D eigenvalue weighted by molar-refractivity contribution is 6.33. The number of allylic oxidation sites excluding steroid dienone is 1. The smallest absolute Gasteiger partial charge is 0.416 e. The fourth-order valence-corrected chi connectivity index (χ4v) is 2.94. The van der Waals surface area contributed by atoms with Crippen LogP contribution in [0.25, 0.3) is 6.08 Å². The van der Waals surface area contributed by atoms with E-state index in [2.05, 4.69) is 0 Å². The van der Waals surface area contributed by atoms with Crippen LogP contribution in [0.1, 0.15) is 34.7 Å². The summed E-state index contributed by atoms with van der Waals surface area (Å²) in [6.07, 6.45) is -2.35. The van der Waals surface area contributed by atoms with Crippen LogP contribution in [0.15, 0.2) is 29.8 Å². The predicted octanol–water partition coefficient (Wildman–Crippen LogP) is 6.03. The molecule has 0 radical (unpaired) electrons. The molecule has 2 N–H and O–H groups in total. The van der Waals surface area contributed by atoms with E-state index in [1.807, 2.05) is 0 Å². The number of phenols is 2. The Bertz CT molecular complexity index is 816. The molecule has 0 atom stereocenters. The molecule has 0 amide bonds. The maximum Gasteiger partial charge on any atom is 0.416 e. The quantitative estimate of drug-likeness (QED) is 0.647. The Hall–Kier alpha value is -2.14. The van der Waals surface area contributed by atoms with Crippen molar-refractivity contribution in [3.05, 3.63) is 62.7 Å². The Labute approximate surface area is 149 Å². The third-order valence-corrected chi connectivity index (χ3v) is 4.39. The van der Waals surface area contributed by atoms with Crippen molar-refractivity contribution >= 4 is 17.7 Å². The summed E-state index contributed by atoms with van der Waals surface area (Å²) < 4.78 is 38.6. The lowest BCUT2D eigenvalue weighted by Crippen LogP contribution is -2.06. The largest absolute Gasteiger partial charge is 0.508 e. The Morgan fingerprint density at radius 1 is 1.08 bits per heavy atom. The first-order valence-electron chi connectivity index (χ1n) is 7.55. The Kier molecular flexibility index (Phi) is 5.37. The van der Waals surface area contributed by atoms with Crippen molar-refractivity contribution in [2.75, 3.05) is 0 Å². The van der Waals surface area contributed by atoms with Crippen LogP contribution in [0.5, 0.6) is 11.5 Å². The number of aryl methyl sites for hydroxylation is 2. The van der Waals surface area contributed by atoms with Crippen molar-refractivity contribution in [3.8, 4) is 11.5 Å². The van der Waals surface area contributed by atoms with Crippen molar-refractivity contribution < 1.29 is 23.4 Å². The van der Waals surface area contributed by atoms with Crippen LogP contribution >= 0.6 is 11.6 Å². The van der Waals surface area contributed by atoms with Gasteiger partial charge in [-0.05, 0) is 68.1 Å². The van der Waals surface area contributed by atoms with Crippen molar-refractivity contribution in [1.82, 2.24) is 0 Å². The number of halogens is 4. The van der Waals surface area contributed by atoms with Gasteiger partial charge in [-0.2, -0.15) is 13.2 Å². The molecule has 0 aliphatic rings. The summed E-state index contributed by atoms with van der Waals surface area (Å²) in [5.41, 5.74) is 2.20. The second-order valence-electron chi connectivity index (χ2n) is 6.09. The molecular formula is C19H18ClF3O2. The molecular weight excluding hydrogens is 353 g/mol. The molecule has 0 heterocycles. The van der Waals surface area contributed by atoms with Gasteiger partial charge in [0, 0.05) is 5.56 Å². The van der Waals surface area contributed by atoms with Gasteiger partial charge in [-0.3, -0.25) is 0 Å². The molecule has 0 aliphatic heterocycles. The fraction of sp³-hybridized carbons (Fsp3) is 0.263. The standard InChI is InChI=1S/C19H18ClF3O2/c1-10(7-15-16(24)4-5-17(25)18(15)20)6-14-11(2)8-13(9-12(14)3)19(21,22)23/h4-6,8-9,24-25H,7H2,1-3H3/b10-6+. The Morgan fingerprint density at radius 2 is 1.60 bits per heavy atom. The van der Waals surface area contributed by atoms with Gasteiger partial charge in [0.2, 0.25) is 0 Å². The van der Waals surface area contributed by atoms with E-state index >= 15 is 0 Å². The molecule has 2 nitrogen and oxygen atoms in total. The van der Waals surface area contributed by atoms with Crippen LogP contribution in [0, 0.1) is 13.8 Å². The zero-order valence-corrected chi connectivity index (χ0v) is 14.8. The number of rotatable bonds is 3. The number of aromatic hydroxyl groups is 2. The first-order chi connectivity index (χ1) is 11.5. The van der Waals surface area contributed by atoms with Gasteiger partial charge in [-0.1, -0.05) is 23.3 Å². The topological polar surface area (TPSA) is 40.5 Å². The second-order valence-corrected chi connectivity index (χ2v) is 6.46. The van der Waals surface area contributed by atoms with Crippen molar-refractivity contribution in [1.29, 1.82) is 0 Å². The van der Waals surface area contributed by atoms with E-state index in [1.165, 1.54) is 12.1 Å². The average Bonchev–Trinajstić information content (AvgIpc) is 2.50. The SMILES string of the molecule is C/C(=C\c1c(C)cc(C(F)(F)F)cc1C)Cc1c(O)ccc(O)c1Cl. The molecule has 134 valence electrons. The third-order valence-electron chi connectivity index (χ3n) is 3.97. The zero-order valence-electron chi connectivity index (χ0n) is 14.0. The molecule has 2 aromatic rings. The van der Waals surface area contributed by atoms with Gasteiger partial charge in [0.25, 0.3) is 0 Å². The summed E-state index contributed by atoms with van der Waals surface area (Å²) in [7, 11) is 0. The average molecular weight is 371 g/mol. The summed E-state index contributed by atoms with van der Waals surface area (Å²) in [4.78, 5) is 0. The van der Waals surface area contributed by atoms with E-state index in [4.69, 9.17) is 11.6 Å². The number of benzene rings is 2. The van der Waals surface area contributed by atoms with Crippen LogP contribution in [0.3, 0.4) is 0 Å². The molecule has 0 aromatic heterocycles. The summed E-state index contributed by atoms with van der Waals surface area (Å²) in [5, 5.41) is 19.6. The molecule has 0 spiro atoms. The maximum atomic E-state index is 12.9. The van der Waals surface area contributed by atoms with Crippen LogP contribution in [-0.2, 0) is 12.6 Å². The number of hydrogen-bond donors (Lipinski definition) is 2. The summed E-state index contributed by atoms with van der Waals surface area (Å²) in [5.74, 6) is -0.180. The maximum absolute atomic E-state index is 12.9. The Morgan fingerprint density at radius 3 is 2.12 bits per heavy atom.